The quantitative estimate of drug-likeness (QED) is 0.833. The Morgan fingerprint density at radius 3 is 2.62 bits per heavy atom. The van der Waals surface area contributed by atoms with Gasteiger partial charge in [-0.3, -0.25) is 4.79 Å². The van der Waals surface area contributed by atoms with Gasteiger partial charge < -0.3 is 11.1 Å². The highest BCUT2D eigenvalue weighted by Crippen LogP contribution is 2.17. The number of halogens is 1. The third-order valence-electron chi connectivity index (χ3n) is 2.19. The Morgan fingerprint density at radius 1 is 1.44 bits per heavy atom. The monoisotopic (exact) mass is 332 g/mol. The fourth-order valence-corrected chi connectivity index (χ4v) is 1.93. The summed E-state index contributed by atoms with van der Waals surface area (Å²) < 4.78 is 1.02. The Bertz CT molecular complexity index is 366. The molecule has 0 aromatic heterocycles. The lowest BCUT2D eigenvalue weighted by atomic mass is 10.0. The molecule has 16 heavy (non-hydrogen) atoms. The zero-order chi connectivity index (χ0) is 12.1. The van der Waals surface area contributed by atoms with E-state index in [4.69, 9.17) is 5.73 Å². The third kappa shape index (κ3) is 4.09. The summed E-state index contributed by atoms with van der Waals surface area (Å²) in [5.41, 5.74) is 6.63. The first kappa shape index (κ1) is 13.4. The Hall–Kier alpha value is -0.620. The minimum absolute atomic E-state index is 0.113. The van der Waals surface area contributed by atoms with E-state index in [9.17, 15) is 4.79 Å². The minimum Gasteiger partial charge on any atom is -0.324 e. The Balaban J connectivity index is 2.61. The SMILES string of the molecule is CC(C)C[C@@H](N)C(=O)Nc1ccccc1I. The van der Waals surface area contributed by atoms with Gasteiger partial charge in [0, 0.05) is 3.57 Å². The molecule has 0 bridgehead atoms. The van der Waals surface area contributed by atoms with Crippen LogP contribution in [0.15, 0.2) is 24.3 Å². The molecule has 3 N–H and O–H groups in total. The highest BCUT2D eigenvalue weighted by Gasteiger charge is 2.15. The first-order valence-corrected chi connectivity index (χ1v) is 6.39. The average molecular weight is 332 g/mol. The van der Waals surface area contributed by atoms with Gasteiger partial charge in [-0.25, -0.2) is 0 Å². The van der Waals surface area contributed by atoms with Crippen LogP contribution in [0.3, 0.4) is 0 Å². The van der Waals surface area contributed by atoms with Crippen molar-refractivity contribution in [2.45, 2.75) is 26.3 Å². The summed E-state index contributed by atoms with van der Waals surface area (Å²) in [6, 6.07) is 7.22. The second-order valence-electron chi connectivity index (χ2n) is 4.21. The molecule has 0 aliphatic heterocycles. The molecule has 0 aliphatic rings. The molecular weight excluding hydrogens is 315 g/mol. The van der Waals surface area contributed by atoms with Crippen LogP contribution in [0.1, 0.15) is 20.3 Å². The van der Waals surface area contributed by atoms with Crippen molar-refractivity contribution in [3.63, 3.8) is 0 Å². The number of nitrogens with two attached hydrogens (primary N) is 1. The fraction of sp³-hybridized carbons (Fsp3) is 0.417. The maximum Gasteiger partial charge on any atom is 0.241 e. The van der Waals surface area contributed by atoms with Gasteiger partial charge in [0.1, 0.15) is 0 Å². The highest BCUT2D eigenvalue weighted by atomic mass is 127. The molecule has 3 nitrogen and oxygen atoms in total. The normalized spacial score (nSPS) is 12.6. The first-order chi connectivity index (χ1) is 7.50. The predicted molar refractivity (Wildman–Crippen MR) is 75.2 cm³/mol. The molecule has 1 rings (SSSR count). The summed E-state index contributed by atoms with van der Waals surface area (Å²) in [4.78, 5) is 11.8. The van der Waals surface area contributed by atoms with Gasteiger partial charge in [-0.05, 0) is 47.1 Å². The van der Waals surface area contributed by atoms with Crippen molar-refractivity contribution < 1.29 is 4.79 Å². The van der Waals surface area contributed by atoms with E-state index < -0.39 is 6.04 Å². The van der Waals surface area contributed by atoms with E-state index >= 15 is 0 Å². The molecule has 0 spiro atoms. The average Bonchev–Trinajstić information content (AvgIpc) is 2.20. The van der Waals surface area contributed by atoms with Gasteiger partial charge >= 0.3 is 0 Å². The van der Waals surface area contributed by atoms with E-state index in [0.29, 0.717) is 12.3 Å². The second kappa shape index (κ2) is 6.20. The number of carbonyl (C=O) groups is 1. The van der Waals surface area contributed by atoms with Crippen molar-refractivity contribution in [3.8, 4) is 0 Å². The Labute approximate surface area is 110 Å². The van der Waals surface area contributed by atoms with Crippen LogP contribution in [0, 0.1) is 9.49 Å². The van der Waals surface area contributed by atoms with Crippen LogP contribution in [0.4, 0.5) is 5.69 Å². The lowest BCUT2D eigenvalue weighted by molar-refractivity contribution is -0.117. The third-order valence-corrected chi connectivity index (χ3v) is 3.13. The molecule has 88 valence electrons. The summed E-state index contributed by atoms with van der Waals surface area (Å²) in [6.07, 6.45) is 0.704. The highest BCUT2D eigenvalue weighted by molar-refractivity contribution is 14.1. The van der Waals surface area contributed by atoms with Crippen LogP contribution in [0.2, 0.25) is 0 Å². The van der Waals surface area contributed by atoms with Gasteiger partial charge in [-0.2, -0.15) is 0 Å². The van der Waals surface area contributed by atoms with Gasteiger partial charge in [0.25, 0.3) is 0 Å². The second-order valence-corrected chi connectivity index (χ2v) is 5.37. The van der Waals surface area contributed by atoms with Crippen LogP contribution >= 0.6 is 22.6 Å². The molecular formula is C12H17IN2O. The van der Waals surface area contributed by atoms with Gasteiger partial charge in [0.2, 0.25) is 5.91 Å². The van der Waals surface area contributed by atoms with Gasteiger partial charge in [0.05, 0.1) is 11.7 Å². The van der Waals surface area contributed by atoms with E-state index in [0.717, 1.165) is 9.26 Å². The Kier molecular flexibility index (Phi) is 5.21. The zero-order valence-corrected chi connectivity index (χ0v) is 11.7. The number of hydrogen-bond donors (Lipinski definition) is 2. The number of anilines is 1. The van der Waals surface area contributed by atoms with Crippen LogP contribution < -0.4 is 11.1 Å². The van der Waals surface area contributed by atoms with Gasteiger partial charge in [0.15, 0.2) is 0 Å². The number of rotatable bonds is 4. The lowest BCUT2D eigenvalue weighted by Crippen LogP contribution is -2.36. The number of benzene rings is 1. The summed E-state index contributed by atoms with van der Waals surface area (Å²) in [5, 5.41) is 2.84. The molecule has 0 saturated carbocycles. The van der Waals surface area contributed by atoms with E-state index in [-0.39, 0.29) is 5.91 Å². The van der Waals surface area contributed by atoms with Crippen molar-refractivity contribution in [1.82, 2.24) is 0 Å². The van der Waals surface area contributed by atoms with Crippen LogP contribution in [0.5, 0.6) is 0 Å². The number of amides is 1. The molecule has 1 amide bonds. The maximum atomic E-state index is 11.8. The summed E-state index contributed by atoms with van der Waals surface area (Å²) in [6.45, 7) is 4.11. The van der Waals surface area contributed by atoms with E-state index in [1.165, 1.54) is 0 Å². The zero-order valence-electron chi connectivity index (χ0n) is 9.53. The smallest absolute Gasteiger partial charge is 0.241 e. The van der Waals surface area contributed by atoms with Gasteiger partial charge in [-0.15, -0.1) is 0 Å². The van der Waals surface area contributed by atoms with Crippen molar-refractivity contribution >= 4 is 34.2 Å². The van der Waals surface area contributed by atoms with Crippen molar-refractivity contribution in [2.24, 2.45) is 11.7 Å². The van der Waals surface area contributed by atoms with Crippen LogP contribution in [0.25, 0.3) is 0 Å². The molecule has 0 saturated heterocycles. The topological polar surface area (TPSA) is 55.1 Å². The minimum atomic E-state index is -0.434. The summed E-state index contributed by atoms with van der Waals surface area (Å²) in [7, 11) is 0. The molecule has 0 heterocycles. The predicted octanol–water partition coefficient (Wildman–Crippen LogP) is 2.60. The van der Waals surface area contributed by atoms with Gasteiger partial charge in [-0.1, -0.05) is 26.0 Å². The van der Waals surface area contributed by atoms with E-state index in [1.54, 1.807) is 0 Å². The first-order valence-electron chi connectivity index (χ1n) is 5.31. The molecule has 0 radical (unpaired) electrons. The van der Waals surface area contributed by atoms with Crippen molar-refractivity contribution in [2.75, 3.05) is 5.32 Å². The Morgan fingerprint density at radius 2 is 2.06 bits per heavy atom. The largest absolute Gasteiger partial charge is 0.324 e. The molecule has 0 fully saturated rings. The lowest BCUT2D eigenvalue weighted by Gasteiger charge is -2.14. The number of para-hydroxylation sites is 1. The molecule has 1 aromatic rings. The summed E-state index contributed by atoms with van der Waals surface area (Å²) >= 11 is 2.19. The molecule has 1 atom stereocenters. The van der Waals surface area contributed by atoms with Crippen molar-refractivity contribution in [1.29, 1.82) is 0 Å². The van der Waals surface area contributed by atoms with E-state index in [2.05, 4.69) is 41.8 Å². The summed E-state index contributed by atoms with van der Waals surface area (Å²) in [5.74, 6) is 0.313. The molecule has 0 aliphatic carbocycles. The number of nitrogens with one attached hydrogen (secondary N) is 1. The van der Waals surface area contributed by atoms with E-state index in [1.807, 2.05) is 24.3 Å². The molecule has 0 unspecified atom stereocenters. The molecule has 4 heteroatoms. The van der Waals surface area contributed by atoms with Crippen molar-refractivity contribution in [3.05, 3.63) is 27.8 Å². The standard InChI is InChI=1S/C12H17IN2O/c1-8(2)7-10(14)12(16)15-11-6-4-3-5-9(11)13/h3-6,8,10H,7,14H2,1-2H3,(H,15,16)/t10-/m1/s1. The van der Waals surface area contributed by atoms with Crippen LogP contribution in [-0.4, -0.2) is 11.9 Å². The fourth-order valence-electron chi connectivity index (χ4n) is 1.40. The number of hydrogen-bond acceptors (Lipinski definition) is 2. The molecule has 1 aromatic carbocycles. The van der Waals surface area contributed by atoms with Crippen LogP contribution in [-0.2, 0) is 4.79 Å². The maximum absolute atomic E-state index is 11.8. The number of carbonyl (C=O) groups excluding carboxylic acids is 1.